The van der Waals surface area contributed by atoms with Gasteiger partial charge in [0.15, 0.2) is 5.11 Å². The highest BCUT2D eigenvalue weighted by Crippen LogP contribution is 2.38. The van der Waals surface area contributed by atoms with Gasteiger partial charge in [-0.1, -0.05) is 23.8 Å². The molecule has 1 aromatic carbocycles. The highest BCUT2D eigenvalue weighted by molar-refractivity contribution is 7.80. The molecular formula is C14H15ClN2S. The molecule has 3 unspecified atom stereocenters. The maximum absolute atomic E-state index is 5.84. The highest BCUT2D eigenvalue weighted by Gasteiger charge is 2.35. The molecular weight excluding hydrogens is 264 g/mol. The van der Waals surface area contributed by atoms with Gasteiger partial charge in [-0.2, -0.15) is 0 Å². The summed E-state index contributed by atoms with van der Waals surface area (Å²) in [6.45, 7) is 0. The van der Waals surface area contributed by atoms with E-state index in [2.05, 4.69) is 22.8 Å². The molecule has 3 atom stereocenters. The predicted molar refractivity (Wildman–Crippen MR) is 80.0 cm³/mol. The zero-order chi connectivity index (χ0) is 12.5. The quantitative estimate of drug-likeness (QED) is 0.639. The Balaban J connectivity index is 1.56. The fourth-order valence-electron chi connectivity index (χ4n) is 2.82. The van der Waals surface area contributed by atoms with E-state index >= 15 is 0 Å². The molecule has 0 heterocycles. The van der Waals surface area contributed by atoms with Gasteiger partial charge in [0, 0.05) is 16.8 Å². The fraction of sp³-hybridized carbons (Fsp3) is 0.357. The van der Waals surface area contributed by atoms with Crippen LogP contribution in [-0.4, -0.2) is 11.2 Å². The molecule has 3 rings (SSSR count). The van der Waals surface area contributed by atoms with Crippen molar-refractivity contribution in [2.24, 2.45) is 11.8 Å². The molecule has 2 bridgehead atoms. The van der Waals surface area contributed by atoms with E-state index in [0.29, 0.717) is 17.1 Å². The first kappa shape index (κ1) is 12.0. The van der Waals surface area contributed by atoms with Gasteiger partial charge in [-0.05, 0) is 61.2 Å². The van der Waals surface area contributed by atoms with Gasteiger partial charge in [0.25, 0.3) is 0 Å². The van der Waals surface area contributed by atoms with Crippen molar-refractivity contribution >= 4 is 34.6 Å². The number of nitrogens with one attached hydrogen (secondary N) is 2. The Morgan fingerprint density at radius 3 is 2.56 bits per heavy atom. The average Bonchev–Trinajstić information content (AvgIpc) is 2.94. The van der Waals surface area contributed by atoms with Crippen LogP contribution in [0.15, 0.2) is 36.4 Å². The van der Waals surface area contributed by atoms with Crippen molar-refractivity contribution < 1.29 is 0 Å². The summed E-state index contributed by atoms with van der Waals surface area (Å²) >= 11 is 11.2. The smallest absolute Gasteiger partial charge is 0.171 e. The molecule has 2 aliphatic carbocycles. The largest absolute Gasteiger partial charge is 0.359 e. The minimum Gasteiger partial charge on any atom is -0.359 e. The lowest BCUT2D eigenvalue weighted by Gasteiger charge is -2.21. The van der Waals surface area contributed by atoms with Crippen molar-refractivity contribution in [3.8, 4) is 0 Å². The minimum atomic E-state index is 0.493. The molecule has 0 spiro atoms. The van der Waals surface area contributed by atoms with Crippen molar-refractivity contribution in [1.29, 1.82) is 0 Å². The Hall–Kier alpha value is -1.06. The van der Waals surface area contributed by atoms with Gasteiger partial charge >= 0.3 is 0 Å². The molecule has 1 saturated carbocycles. The summed E-state index contributed by atoms with van der Waals surface area (Å²) in [4.78, 5) is 0. The van der Waals surface area contributed by atoms with Crippen molar-refractivity contribution in [3.05, 3.63) is 41.4 Å². The van der Waals surface area contributed by atoms with Crippen LogP contribution >= 0.6 is 23.8 Å². The minimum absolute atomic E-state index is 0.493. The summed E-state index contributed by atoms with van der Waals surface area (Å²) in [6, 6.07) is 8.06. The predicted octanol–water partition coefficient (Wildman–Crippen LogP) is 3.59. The number of rotatable bonds is 2. The van der Waals surface area contributed by atoms with Gasteiger partial charge in [-0.15, -0.1) is 0 Å². The maximum Gasteiger partial charge on any atom is 0.171 e. The van der Waals surface area contributed by atoms with E-state index in [1.54, 1.807) is 0 Å². The Morgan fingerprint density at radius 1 is 1.17 bits per heavy atom. The number of benzene rings is 1. The van der Waals surface area contributed by atoms with Crippen LogP contribution in [0.25, 0.3) is 0 Å². The van der Waals surface area contributed by atoms with Crippen LogP contribution in [-0.2, 0) is 0 Å². The molecule has 0 radical (unpaired) electrons. The second-order valence-corrected chi connectivity index (χ2v) is 5.84. The van der Waals surface area contributed by atoms with E-state index in [-0.39, 0.29) is 0 Å². The molecule has 0 aliphatic heterocycles. The van der Waals surface area contributed by atoms with E-state index in [4.69, 9.17) is 23.8 Å². The van der Waals surface area contributed by atoms with Crippen molar-refractivity contribution in [3.63, 3.8) is 0 Å². The highest BCUT2D eigenvalue weighted by atomic mass is 35.5. The fourth-order valence-corrected chi connectivity index (χ4v) is 3.21. The summed E-state index contributed by atoms with van der Waals surface area (Å²) in [7, 11) is 0. The van der Waals surface area contributed by atoms with Gasteiger partial charge < -0.3 is 10.6 Å². The zero-order valence-corrected chi connectivity index (χ0v) is 11.5. The number of fused-ring (bicyclic) bond motifs is 2. The van der Waals surface area contributed by atoms with Crippen molar-refractivity contribution in [1.82, 2.24) is 5.32 Å². The van der Waals surface area contributed by atoms with E-state index in [1.165, 1.54) is 12.8 Å². The third-order valence-corrected chi connectivity index (χ3v) is 4.17. The van der Waals surface area contributed by atoms with Gasteiger partial charge in [0.1, 0.15) is 0 Å². The SMILES string of the molecule is S=C(Nc1ccc(Cl)cc1)NC1CC2C=CC1C2. The molecule has 1 fully saturated rings. The van der Waals surface area contributed by atoms with Crippen molar-refractivity contribution in [2.75, 3.05) is 5.32 Å². The van der Waals surface area contributed by atoms with E-state index in [1.807, 2.05) is 24.3 Å². The van der Waals surface area contributed by atoms with Gasteiger partial charge in [0.05, 0.1) is 0 Å². The molecule has 0 saturated heterocycles. The van der Waals surface area contributed by atoms with E-state index in [0.717, 1.165) is 16.6 Å². The first-order valence-electron chi connectivity index (χ1n) is 6.22. The molecule has 2 aliphatic rings. The topological polar surface area (TPSA) is 24.1 Å². The monoisotopic (exact) mass is 278 g/mol. The number of hydrogen-bond acceptors (Lipinski definition) is 1. The Kier molecular flexibility index (Phi) is 3.27. The summed E-state index contributed by atoms with van der Waals surface area (Å²) in [5, 5.41) is 8.03. The first-order valence-corrected chi connectivity index (χ1v) is 7.01. The molecule has 94 valence electrons. The van der Waals surface area contributed by atoms with Gasteiger partial charge in [-0.25, -0.2) is 0 Å². The molecule has 2 nitrogen and oxygen atoms in total. The molecule has 18 heavy (non-hydrogen) atoms. The number of allylic oxidation sites excluding steroid dienone is 1. The first-order chi connectivity index (χ1) is 8.70. The van der Waals surface area contributed by atoms with E-state index in [9.17, 15) is 0 Å². The van der Waals surface area contributed by atoms with Gasteiger partial charge in [-0.3, -0.25) is 0 Å². The number of hydrogen-bond donors (Lipinski definition) is 2. The number of anilines is 1. The third-order valence-electron chi connectivity index (χ3n) is 3.70. The normalized spacial score (nSPS) is 28.4. The molecule has 4 heteroatoms. The van der Waals surface area contributed by atoms with Crippen LogP contribution in [0.5, 0.6) is 0 Å². The standard InChI is InChI=1S/C14H15ClN2S/c15-11-3-5-12(6-4-11)16-14(18)17-13-8-9-1-2-10(13)7-9/h1-6,9-10,13H,7-8H2,(H2,16,17,18). The van der Waals surface area contributed by atoms with Crippen LogP contribution in [0, 0.1) is 11.8 Å². The second-order valence-electron chi connectivity index (χ2n) is 4.99. The van der Waals surface area contributed by atoms with Crippen LogP contribution in [0.4, 0.5) is 5.69 Å². The van der Waals surface area contributed by atoms with Crippen LogP contribution < -0.4 is 10.6 Å². The maximum atomic E-state index is 5.84. The molecule has 0 amide bonds. The average molecular weight is 279 g/mol. The Morgan fingerprint density at radius 2 is 1.94 bits per heavy atom. The lowest BCUT2D eigenvalue weighted by molar-refractivity contribution is 0.526. The summed E-state index contributed by atoms with van der Waals surface area (Å²) in [5.41, 5.74) is 0.968. The molecule has 2 N–H and O–H groups in total. The third kappa shape index (κ3) is 2.52. The second kappa shape index (κ2) is 4.90. The summed E-state index contributed by atoms with van der Waals surface area (Å²) in [6.07, 6.45) is 7.13. The van der Waals surface area contributed by atoms with Crippen LogP contribution in [0.2, 0.25) is 5.02 Å². The Labute approximate surface area is 117 Å². The van der Waals surface area contributed by atoms with Crippen molar-refractivity contribution in [2.45, 2.75) is 18.9 Å². The van der Waals surface area contributed by atoms with E-state index < -0.39 is 0 Å². The molecule has 1 aromatic rings. The summed E-state index contributed by atoms with van der Waals surface area (Å²) < 4.78 is 0. The van der Waals surface area contributed by atoms with Crippen LogP contribution in [0.1, 0.15) is 12.8 Å². The Bertz CT molecular complexity index is 483. The molecule has 0 aromatic heterocycles. The van der Waals surface area contributed by atoms with Crippen LogP contribution in [0.3, 0.4) is 0 Å². The van der Waals surface area contributed by atoms with Gasteiger partial charge in [0.2, 0.25) is 0 Å². The lowest BCUT2D eigenvalue weighted by Crippen LogP contribution is -2.40. The number of halogens is 1. The zero-order valence-electron chi connectivity index (χ0n) is 9.90. The lowest BCUT2D eigenvalue weighted by atomic mass is 10.0. The number of thiocarbonyl (C=S) groups is 1. The summed E-state index contributed by atoms with van der Waals surface area (Å²) in [5.74, 6) is 1.41.